The van der Waals surface area contributed by atoms with Gasteiger partial charge in [-0.2, -0.15) is 0 Å². The highest BCUT2D eigenvalue weighted by atomic mass is 16.3. The van der Waals surface area contributed by atoms with Gasteiger partial charge in [0.05, 0.1) is 0 Å². The van der Waals surface area contributed by atoms with Crippen LogP contribution in [0.3, 0.4) is 0 Å². The molecule has 0 heterocycles. The molecule has 0 aliphatic heterocycles. The molecule has 0 amide bonds. The van der Waals surface area contributed by atoms with E-state index in [4.69, 9.17) is 0 Å². The number of hydrogen-bond acceptors (Lipinski definition) is 1. The number of rotatable bonds is 1. The summed E-state index contributed by atoms with van der Waals surface area (Å²) < 4.78 is 0. The van der Waals surface area contributed by atoms with Crippen LogP contribution in [0.2, 0.25) is 0 Å². The molecule has 0 bridgehead atoms. The van der Waals surface area contributed by atoms with E-state index in [2.05, 4.69) is 26.8 Å². The molecule has 1 unspecified atom stereocenters. The van der Waals surface area contributed by atoms with E-state index in [1.165, 1.54) is 17.5 Å². The van der Waals surface area contributed by atoms with Gasteiger partial charge in [-0.1, -0.05) is 32.9 Å². The Bertz CT molecular complexity index is 360. The van der Waals surface area contributed by atoms with Gasteiger partial charge in [0.1, 0.15) is 5.75 Å². The predicted octanol–water partition coefficient (Wildman–Crippen LogP) is 3.54. The SMILES string of the molecule is CC(C)(C)CC1Cc2cccc(O)c2C1. The lowest BCUT2D eigenvalue weighted by Gasteiger charge is -2.22. The van der Waals surface area contributed by atoms with Crippen molar-refractivity contribution in [1.82, 2.24) is 0 Å². The Morgan fingerprint density at radius 2 is 2.00 bits per heavy atom. The molecule has 0 radical (unpaired) electrons. The topological polar surface area (TPSA) is 20.2 Å². The van der Waals surface area contributed by atoms with Gasteiger partial charge >= 0.3 is 0 Å². The molecule has 1 aliphatic carbocycles. The Hall–Kier alpha value is -0.980. The summed E-state index contributed by atoms with van der Waals surface area (Å²) in [6.45, 7) is 6.86. The molecular weight excluding hydrogens is 184 g/mol. The highest BCUT2D eigenvalue weighted by Crippen LogP contribution is 2.38. The smallest absolute Gasteiger partial charge is 0.119 e. The van der Waals surface area contributed by atoms with Crippen molar-refractivity contribution < 1.29 is 5.11 Å². The molecule has 82 valence electrons. The fourth-order valence-corrected chi connectivity index (χ4v) is 2.73. The summed E-state index contributed by atoms with van der Waals surface area (Å²) in [7, 11) is 0. The second-order valence-corrected chi connectivity index (χ2v) is 5.95. The minimum atomic E-state index is 0.391. The second-order valence-electron chi connectivity index (χ2n) is 5.95. The Morgan fingerprint density at radius 1 is 1.27 bits per heavy atom. The molecule has 1 N–H and O–H groups in total. The molecule has 0 aromatic heterocycles. The van der Waals surface area contributed by atoms with Crippen molar-refractivity contribution in [2.24, 2.45) is 11.3 Å². The maximum atomic E-state index is 9.75. The van der Waals surface area contributed by atoms with E-state index in [0.29, 0.717) is 17.1 Å². The van der Waals surface area contributed by atoms with Gasteiger partial charge in [0, 0.05) is 0 Å². The van der Waals surface area contributed by atoms with Gasteiger partial charge < -0.3 is 5.11 Å². The molecule has 0 saturated heterocycles. The summed E-state index contributed by atoms with van der Waals surface area (Å²) in [5.74, 6) is 1.21. The minimum absolute atomic E-state index is 0.391. The van der Waals surface area contributed by atoms with Crippen LogP contribution < -0.4 is 0 Å². The Morgan fingerprint density at radius 3 is 2.60 bits per heavy atom. The van der Waals surface area contributed by atoms with Crippen LogP contribution >= 0.6 is 0 Å². The predicted molar refractivity (Wildman–Crippen MR) is 63.1 cm³/mol. The Kier molecular flexibility index (Phi) is 2.49. The van der Waals surface area contributed by atoms with Crippen LogP contribution in [0.5, 0.6) is 5.75 Å². The number of phenols is 1. The number of fused-ring (bicyclic) bond motifs is 1. The average molecular weight is 204 g/mol. The fourth-order valence-electron chi connectivity index (χ4n) is 2.73. The summed E-state index contributed by atoms with van der Waals surface area (Å²) >= 11 is 0. The second kappa shape index (κ2) is 3.55. The van der Waals surface area contributed by atoms with Crippen molar-refractivity contribution in [3.8, 4) is 5.75 Å². The Balaban J connectivity index is 2.13. The third kappa shape index (κ3) is 2.34. The molecule has 1 aromatic rings. The normalized spacial score (nSPS) is 20.3. The third-order valence-corrected chi connectivity index (χ3v) is 3.15. The summed E-state index contributed by atoms with van der Waals surface area (Å²) in [5.41, 5.74) is 2.93. The molecule has 1 heteroatoms. The number of phenolic OH excluding ortho intramolecular Hbond substituents is 1. The van der Waals surface area contributed by atoms with Crippen LogP contribution in [0.15, 0.2) is 18.2 Å². The lowest BCUT2D eigenvalue weighted by molar-refractivity contribution is 0.299. The zero-order valence-corrected chi connectivity index (χ0v) is 9.88. The quantitative estimate of drug-likeness (QED) is 0.741. The van der Waals surface area contributed by atoms with Gasteiger partial charge in [0.2, 0.25) is 0 Å². The van der Waals surface area contributed by atoms with Gasteiger partial charge in [-0.25, -0.2) is 0 Å². The van der Waals surface area contributed by atoms with E-state index in [9.17, 15) is 5.11 Å². The lowest BCUT2D eigenvalue weighted by Crippen LogP contribution is -2.13. The summed E-state index contributed by atoms with van der Waals surface area (Å²) in [6.07, 6.45) is 3.43. The zero-order valence-electron chi connectivity index (χ0n) is 9.88. The number of benzene rings is 1. The number of hydrogen-bond donors (Lipinski definition) is 1. The number of aromatic hydroxyl groups is 1. The molecule has 2 rings (SSSR count). The van der Waals surface area contributed by atoms with Crippen LogP contribution in [0.4, 0.5) is 0 Å². The highest BCUT2D eigenvalue weighted by Gasteiger charge is 2.27. The standard InChI is InChI=1S/C14H20O/c1-14(2,3)9-10-7-11-5-4-6-13(15)12(11)8-10/h4-6,10,15H,7-9H2,1-3H3. The minimum Gasteiger partial charge on any atom is -0.508 e. The molecule has 1 aliphatic rings. The van der Waals surface area contributed by atoms with E-state index < -0.39 is 0 Å². The van der Waals surface area contributed by atoms with Gasteiger partial charge in [0.15, 0.2) is 0 Å². The molecule has 0 saturated carbocycles. The van der Waals surface area contributed by atoms with Crippen LogP contribution in [0.25, 0.3) is 0 Å². The van der Waals surface area contributed by atoms with E-state index >= 15 is 0 Å². The van der Waals surface area contributed by atoms with Crippen molar-refractivity contribution in [3.05, 3.63) is 29.3 Å². The van der Waals surface area contributed by atoms with Gasteiger partial charge in [0.25, 0.3) is 0 Å². The summed E-state index contributed by atoms with van der Waals surface area (Å²) in [4.78, 5) is 0. The molecule has 0 fully saturated rings. The monoisotopic (exact) mass is 204 g/mol. The van der Waals surface area contributed by atoms with Gasteiger partial charge in [-0.05, 0) is 47.8 Å². The molecule has 15 heavy (non-hydrogen) atoms. The van der Waals surface area contributed by atoms with Crippen molar-refractivity contribution in [2.75, 3.05) is 0 Å². The Labute approximate surface area is 92.1 Å². The first kappa shape index (κ1) is 10.5. The van der Waals surface area contributed by atoms with Crippen molar-refractivity contribution in [3.63, 3.8) is 0 Å². The van der Waals surface area contributed by atoms with Crippen LogP contribution in [0, 0.1) is 11.3 Å². The van der Waals surface area contributed by atoms with E-state index in [0.717, 1.165) is 12.8 Å². The summed E-state index contributed by atoms with van der Waals surface area (Å²) in [6, 6.07) is 5.91. The average Bonchev–Trinajstić information content (AvgIpc) is 2.45. The first-order valence-electron chi connectivity index (χ1n) is 5.75. The van der Waals surface area contributed by atoms with E-state index in [1.807, 2.05) is 6.07 Å². The van der Waals surface area contributed by atoms with Gasteiger partial charge in [-0.15, -0.1) is 0 Å². The van der Waals surface area contributed by atoms with Crippen LogP contribution in [-0.2, 0) is 12.8 Å². The zero-order chi connectivity index (χ0) is 11.1. The van der Waals surface area contributed by atoms with Crippen LogP contribution in [-0.4, -0.2) is 5.11 Å². The van der Waals surface area contributed by atoms with Crippen molar-refractivity contribution in [1.29, 1.82) is 0 Å². The molecule has 1 nitrogen and oxygen atoms in total. The molecule has 0 spiro atoms. The third-order valence-electron chi connectivity index (χ3n) is 3.15. The van der Waals surface area contributed by atoms with Gasteiger partial charge in [-0.3, -0.25) is 0 Å². The highest BCUT2D eigenvalue weighted by molar-refractivity contribution is 5.42. The largest absolute Gasteiger partial charge is 0.508 e. The lowest BCUT2D eigenvalue weighted by atomic mass is 9.83. The maximum Gasteiger partial charge on any atom is 0.119 e. The van der Waals surface area contributed by atoms with E-state index in [-0.39, 0.29) is 0 Å². The fraction of sp³-hybridized carbons (Fsp3) is 0.571. The molecule has 1 atom stereocenters. The first-order valence-corrected chi connectivity index (χ1v) is 5.75. The van der Waals surface area contributed by atoms with E-state index in [1.54, 1.807) is 6.07 Å². The maximum absolute atomic E-state index is 9.75. The molecular formula is C14H20O. The van der Waals surface area contributed by atoms with Crippen molar-refractivity contribution in [2.45, 2.75) is 40.0 Å². The summed E-state index contributed by atoms with van der Waals surface area (Å²) in [5, 5.41) is 9.75. The van der Waals surface area contributed by atoms with Crippen molar-refractivity contribution >= 4 is 0 Å². The van der Waals surface area contributed by atoms with Crippen LogP contribution in [0.1, 0.15) is 38.3 Å². The first-order chi connectivity index (χ1) is 6.96. The molecule has 1 aromatic carbocycles.